The van der Waals surface area contributed by atoms with Gasteiger partial charge in [-0.25, -0.2) is 0 Å². The second-order valence-electron chi connectivity index (χ2n) is 3.33. The number of hydrogen-bond donors (Lipinski definition) is 2. The first-order valence-electron chi connectivity index (χ1n) is 4.87. The van der Waals surface area contributed by atoms with Crippen molar-refractivity contribution in [2.45, 2.75) is 0 Å². The van der Waals surface area contributed by atoms with Crippen molar-refractivity contribution in [2.75, 3.05) is 5.32 Å². The van der Waals surface area contributed by atoms with E-state index in [0.29, 0.717) is 11.3 Å². The zero-order valence-corrected chi connectivity index (χ0v) is 9.48. The maximum absolute atomic E-state index is 11.9. The highest BCUT2D eigenvalue weighted by atomic mass is 35.5. The Hall–Kier alpha value is -2.07. The molecule has 5 heteroatoms. The number of phenols is 1. The molecule has 1 amide bonds. The molecule has 0 aliphatic rings. The SMILES string of the molecule is O=C(Nc1ccccc1O)c1ccncc1Cl. The number of amides is 1. The predicted octanol–water partition coefficient (Wildman–Crippen LogP) is 2.69. The van der Waals surface area contributed by atoms with Gasteiger partial charge in [0, 0.05) is 12.4 Å². The van der Waals surface area contributed by atoms with Gasteiger partial charge in [0.05, 0.1) is 16.3 Å². The average Bonchev–Trinajstić information content (AvgIpc) is 2.32. The minimum Gasteiger partial charge on any atom is -0.506 e. The van der Waals surface area contributed by atoms with Crippen LogP contribution in [0.15, 0.2) is 42.7 Å². The van der Waals surface area contributed by atoms with Crippen molar-refractivity contribution in [3.63, 3.8) is 0 Å². The van der Waals surface area contributed by atoms with Crippen LogP contribution in [0, 0.1) is 0 Å². The molecule has 2 rings (SSSR count). The van der Waals surface area contributed by atoms with Gasteiger partial charge in [-0.1, -0.05) is 23.7 Å². The Balaban J connectivity index is 2.24. The van der Waals surface area contributed by atoms with Gasteiger partial charge in [-0.3, -0.25) is 9.78 Å². The molecule has 2 aromatic rings. The molecule has 1 heterocycles. The Morgan fingerprint density at radius 2 is 2.06 bits per heavy atom. The molecule has 1 aromatic carbocycles. The summed E-state index contributed by atoms with van der Waals surface area (Å²) in [5.74, 6) is -0.384. The second kappa shape index (κ2) is 4.84. The minimum absolute atomic E-state index is 0.00558. The topological polar surface area (TPSA) is 62.2 Å². The van der Waals surface area contributed by atoms with Crippen molar-refractivity contribution >= 4 is 23.2 Å². The predicted molar refractivity (Wildman–Crippen MR) is 65.3 cm³/mol. The maximum atomic E-state index is 11.9. The quantitative estimate of drug-likeness (QED) is 0.804. The van der Waals surface area contributed by atoms with Gasteiger partial charge >= 0.3 is 0 Å². The van der Waals surface area contributed by atoms with Crippen LogP contribution < -0.4 is 5.32 Å². The molecule has 0 saturated carbocycles. The summed E-state index contributed by atoms with van der Waals surface area (Å²) in [7, 11) is 0. The highest BCUT2D eigenvalue weighted by molar-refractivity contribution is 6.34. The van der Waals surface area contributed by atoms with E-state index in [0.717, 1.165) is 0 Å². The van der Waals surface area contributed by atoms with Crippen LogP contribution >= 0.6 is 11.6 Å². The van der Waals surface area contributed by atoms with Gasteiger partial charge in [0.15, 0.2) is 0 Å². The lowest BCUT2D eigenvalue weighted by atomic mass is 10.2. The van der Waals surface area contributed by atoms with Gasteiger partial charge in [-0.2, -0.15) is 0 Å². The molecule has 0 saturated heterocycles. The Morgan fingerprint density at radius 1 is 1.29 bits per heavy atom. The number of para-hydroxylation sites is 2. The fourth-order valence-corrected chi connectivity index (χ4v) is 1.53. The molecule has 86 valence electrons. The van der Waals surface area contributed by atoms with Crippen molar-refractivity contribution in [1.82, 2.24) is 4.98 Å². The van der Waals surface area contributed by atoms with Crippen LogP contribution in [-0.4, -0.2) is 16.0 Å². The Labute approximate surface area is 103 Å². The number of rotatable bonds is 2. The number of hydrogen-bond acceptors (Lipinski definition) is 3. The third-order valence-corrected chi connectivity index (χ3v) is 2.47. The molecule has 0 aliphatic heterocycles. The molecule has 0 fully saturated rings. The van der Waals surface area contributed by atoms with Gasteiger partial charge in [-0.05, 0) is 18.2 Å². The summed E-state index contributed by atoms with van der Waals surface area (Å²) in [5.41, 5.74) is 0.648. The molecule has 0 radical (unpaired) electrons. The number of nitrogens with one attached hydrogen (secondary N) is 1. The number of halogens is 1. The van der Waals surface area contributed by atoms with E-state index in [9.17, 15) is 9.90 Å². The van der Waals surface area contributed by atoms with E-state index >= 15 is 0 Å². The average molecular weight is 249 g/mol. The smallest absolute Gasteiger partial charge is 0.257 e. The van der Waals surface area contributed by atoms with Crippen LogP contribution in [0.2, 0.25) is 5.02 Å². The van der Waals surface area contributed by atoms with E-state index in [1.165, 1.54) is 24.5 Å². The second-order valence-corrected chi connectivity index (χ2v) is 3.73. The van der Waals surface area contributed by atoms with Gasteiger partial charge in [0.25, 0.3) is 5.91 Å². The third kappa shape index (κ3) is 2.54. The van der Waals surface area contributed by atoms with E-state index in [1.807, 2.05) is 0 Å². The number of carbonyl (C=O) groups is 1. The third-order valence-electron chi connectivity index (χ3n) is 2.17. The Morgan fingerprint density at radius 3 is 2.76 bits per heavy atom. The molecule has 1 aromatic heterocycles. The number of aromatic nitrogens is 1. The normalized spacial score (nSPS) is 9.94. The monoisotopic (exact) mass is 248 g/mol. The van der Waals surface area contributed by atoms with Gasteiger partial charge < -0.3 is 10.4 Å². The molecule has 0 unspecified atom stereocenters. The van der Waals surface area contributed by atoms with Crippen molar-refractivity contribution in [3.8, 4) is 5.75 Å². The zero-order valence-electron chi connectivity index (χ0n) is 8.72. The van der Waals surface area contributed by atoms with Gasteiger partial charge in [-0.15, -0.1) is 0 Å². The molecule has 0 atom stereocenters. The minimum atomic E-state index is -0.390. The summed E-state index contributed by atoms with van der Waals surface area (Å²) >= 11 is 5.84. The first kappa shape index (κ1) is 11.4. The number of phenolic OH excluding ortho intramolecular Hbond substituents is 1. The number of carbonyl (C=O) groups excluding carboxylic acids is 1. The number of pyridine rings is 1. The summed E-state index contributed by atoms with van der Waals surface area (Å²) in [6.07, 6.45) is 2.87. The van der Waals surface area contributed by atoms with E-state index in [4.69, 9.17) is 11.6 Å². The molecular formula is C12H9ClN2O2. The fraction of sp³-hybridized carbons (Fsp3) is 0. The van der Waals surface area contributed by atoms with Gasteiger partial charge in [0.2, 0.25) is 0 Å². The van der Waals surface area contributed by atoms with Crippen molar-refractivity contribution in [3.05, 3.63) is 53.3 Å². The van der Waals surface area contributed by atoms with Crippen LogP contribution in [-0.2, 0) is 0 Å². The number of aromatic hydroxyl groups is 1. The van der Waals surface area contributed by atoms with Crippen LogP contribution in [0.3, 0.4) is 0 Å². The largest absolute Gasteiger partial charge is 0.506 e. The fourth-order valence-electron chi connectivity index (χ4n) is 1.33. The van der Waals surface area contributed by atoms with Gasteiger partial charge in [0.1, 0.15) is 5.75 Å². The van der Waals surface area contributed by atoms with Crippen molar-refractivity contribution in [1.29, 1.82) is 0 Å². The van der Waals surface area contributed by atoms with Crippen molar-refractivity contribution in [2.24, 2.45) is 0 Å². The van der Waals surface area contributed by atoms with Crippen molar-refractivity contribution < 1.29 is 9.90 Å². The standard InChI is InChI=1S/C12H9ClN2O2/c13-9-7-14-6-5-8(9)12(17)15-10-3-1-2-4-11(10)16/h1-7,16H,(H,15,17). The Kier molecular flexibility index (Phi) is 3.25. The summed E-state index contributed by atoms with van der Waals surface area (Å²) in [4.78, 5) is 15.6. The number of anilines is 1. The highest BCUT2D eigenvalue weighted by Crippen LogP contribution is 2.23. The number of benzene rings is 1. The molecule has 2 N–H and O–H groups in total. The van der Waals surface area contributed by atoms with E-state index in [1.54, 1.807) is 18.2 Å². The maximum Gasteiger partial charge on any atom is 0.257 e. The molecule has 0 bridgehead atoms. The first-order chi connectivity index (χ1) is 8.18. The van der Waals surface area contributed by atoms with Crippen LogP contribution in [0.4, 0.5) is 5.69 Å². The molecule has 0 aliphatic carbocycles. The van der Waals surface area contributed by atoms with Crippen LogP contribution in [0.25, 0.3) is 0 Å². The lowest BCUT2D eigenvalue weighted by Gasteiger charge is -2.07. The zero-order chi connectivity index (χ0) is 12.3. The number of nitrogens with zero attached hydrogens (tertiary/aromatic N) is 1. The Bertz CT molecular complexity index is 558. The van der Waals surface area contributed by atoms with Crippen LogP contribution in [0.5, 0.6) is 5.75 Å². The molecule has 17 heavy (non-hydrogen) atoms. The molecular weight excluding hydrogens is 240 g/mol. The molecule has 0 spiro atoms. The summed E-state index contributed by atoms with van der Waals surface area (Å²) in [6, 6.07) is 7.98. The summed E-state index contributed by atoms with van der Waals surface area (Å²) in [6.45, 7) is 0. The lowest BCUT2D eigenvalue weighted by Crippen LogP contribution is -2.12. The summed E-state index contributed by atoms with van der Waals surface area (Å²) < 4.78 is 0. The first-order valence-corrected chi connectivity index (χ1v) is 5.25. The van der Waals surface area contributed by atoms with Crippen LogP contribution in [0.1, 0.15) is 10.4 Å². The lowest BCUT2D eigenvalue weighted by molar-refractivity contribution is 0.102. The highest BCUT2D eigenvalue weighted by Gasteiger charge is 2.11. The van der Waals surface area contributed by atoms with E-state index in [2.05, 4.69) is 10.3 Å². The molecule has 4 nitrogen and oxygen atoms in total. The summed E-state index contributed by atoms with van der Waals surface area (Å²) in [5, 5.41) is 12.3. The van der Waals surface area contributed by atoms with E-state index < -0.39 is 0 Å². The van der Waals surface area contributed by atoms with E-state index in [-0.39, 0.29) is 16.7 Å².